The molecule has 1 fully saturated rings. The van der Waals surface area contributed by atoms with Gasteiger partial charge >= 0.3 is 12.1 Å². The van der Waals surface area contributed by atoms with E-state index in [0.29, 0.717) is 31.6 Å². The molecule has 2 aromatic carbocycles. The normalized spacial score (nSPS) is 22.2. The fourth-order valence-corrected chi connectivity index (χ4v) is 4.08. The third-order valence-electron chi connectivity index (χ3n) is 5.45. The number of nitrogens with zero attached hydrogens (tertiary/aromatic N) is 2. The van der Waals surface area contributed by atoms with E-state index in [0.717, 1.165) is 23.5 Å². The number of fused-ring (bicyclic) bond motifs is 3. The molecule has 0 bridgehead atoms. The number of carbonyl (C=O) groups is 1. The number of carboxylic acid groups (broad SMARTS) is 1. The highest BCUT2D eigenvalue weighted by molar-refractivity contribution is 5.81. The highest BCUT2D eigenvalue weighted by atomic mass is 19.4. The van der Waals surface area contributed by atoms with Gasteiger partial charge in [-0.2, -0.15) is 13.2 Å². The maximum Gasteiger partial charge on any atom is 0.416 e. The summed E-state index contributed by atoms with van der Waals surface area (Å²) in [6.45, 7) is 1.21. The van der Waals surface area contributed by atoms with E-state index in [9.17, 15) is 23.1 Å². The van der Waals surface area contributed by atoms with E-state index < -0.39 is 17.7 Å². The van der Waals surface area contributed by atoms with Gasteiger partial charge < -0.3 is 14.9 Å². The first-order valence-electron chi connectivity index (χ1n) is 8.88. The Morgan fingerprint density at radius 3 is 2.33 bits per heavy atom. The van der Waals surface area contributed by atoms with Crippen molar-refractivity contribution in [3.63, 3.8) is 0 Å². The van der Waals surface area contributed by atoms with Crippen molar-refractivity contribution in [2.75, 3.05) is 22.9 Å². The van der Waals surface area contributed by atoms with Gasteiger partial charge in [-0.05, 0) is 49.2 Å². The van der Waals surface area contributed by atoms with E-state index in [1.165, 1.54) is 12.1 Å². The zero-order chi connectivity index (χ0) is 19.2. The van der Waals surface area contributed by atoms with Gasteiger partial charge in [0.25, 0.3) is 0 Å². The Morgan fingerprint density at radius 1 is 1.04 bits per heavy atom. The molecular formula is C20H19F3N2O2. The summed E-state index contributed by atoms with van der Waals surface area (Å²) >= 11 is 0. The van der Waals surface area contributed by atoms with Gasteiger partial charge in [0.1, 0.15) is 0 Å². The zero-order valence-corrected chi connectivity index (χ0v) is 14.5. The standard InChI is InChI=1S/C20H19F3N2O2/c21-20(22,23)14-5-7-15(8-6-14)25-12-16-11-13(19(26)27)9-10-24(16)17-3-1-2-4-18(17)25/h1-8,13,16H,9-12H2,(H,26,27)/t13-,16+/m0/s1. The van der Waals surface area contributed by atoms with Gasteiger partial charge in [0.2, 0.25) is 0 Å². The van der Waals surface area contributed by atoms with Crippen LogP contribution in [0.3, 0.4) is 0 Å². The number of benzene rings is 2. The first-order chi connectivity index (χ1) is 12.8. The van der Waals surface area contributed by atoms with Gasteiger partial charge in [0, 0.05) is 24.8 Å². The Kier molecular flexibility index (Phi) is 4.25. The van der Waals surface area contributed by atoms with Crippen LogP contribution in [0.1, 0.15) is 18.4 Å². The summed E-state index contributed by atoms with van der Waals surface area (Å²) in [5.74, 6) is -1.17. The minimum atomic E-state index is -4.37. The van der Waals surface area contributed by atoms with Crippen LogP contribution in [0.25, 0.3) is 0 Å². The van der Waals surface area contributed by atoms with Gasteiger partial charge in [-0.25, -0.2) is 0 Å². The number of alkyl halides is 3. The number of hydrogen-bond donors (Lipinski definition) is 1. The summed E-state index contributed by atoms with van der Waals surface area (Å²) in [6, 6.07) is 12.9. The third-order valence-corrected chi connectivity index (χ3v) is 5.45. The maximum absolute atomic E-state index is 12.9. The van der Waals surface area contributed by atoms with Crippen LogP contribution in [0.15, 0.2) is 48.5 Å². The van der Waals surface area contributed by atoms with E-state index >= 15 is 0 Å². The third kappa shape index (κ3) is 3.22. The Hall–Kier alpha value is -2.70. The van der Waals surface area contributed by atoms with Crippen LogP contribution in [0.4, 0.5) is 30.2 Å². The minimum absolute atomic E-state index is 0.0112. The first-order valence-corrected chi connectivity index (χ1v) is 8.88. The second-order valence-corrected chi connectivity index (χ2v) is 7.05. The average molecular weight is 376 g/mol. The summed E-state index contributed by atoms with van der Waals surface area (Å²) in [4.78, 5) is 15.6. The molecule has 2 atom stereocenters. The number of halogens is 3. The molecule has 0 saturated carbocycles. The number of para-hydroxylation sites is 2. The molecule has 2 heterocycles. The van der Waals surface area contributed by atoms with Gasteiger partial charge in [-0.3, -0.25) is 4.79 Å². The lowest BCUT2D eigenvalue weighted by Gasteiger charge is -2.48. The second-order valence-electron chi connectivity index (χ2n) is 7.05. The summed E-state index contributed by atoms with van der Waals surface area (Å²) < 4.78 is 38.6. The van der Waals surface area contributed by atoms with Gasteiger partial charge in [-0.15, -0.1) is 0 Å². The van der Waals surface area contributed by atoms with E-state index in [1.807, 2.05) is 29.2 Å². The smallest absolute Gasteiger partial charge is 0.416 e. The molecule has 1 N–H and O–H groups in total. The molecule has 0 amide bonds. The number of carboxylic acids is 1. The van der Waals surface area contributed by atoms with Crippen molar-refractivity contribution in [3.05, 3.63) is 54.1 Å². The predicted octanol–water partition coefficient (Wildman–Crippen LogP) is 4.53. The maximum atomic E-state index is 12.9. The Balaban J connectivity index is 1.69. The quantitative estimate of drug-likeness (QED) is 0.837. The Bertz CT molecular complexity index is 851. The molecule has 4 nitrogen and oxygen atoms in total. The predicted molar refractivity (Wildman–Crippen MR) is 96.4 cm³/mol. The number of rotatable bonds is 2. The molecule has 0 radical (unpaired) electrons. The summed E-state index contributed by atoms with van der Waals surface area (Å²) in [5.41, 5.74) is 1.93. The number of piperidine rings is 1. The fourth-order valence-electron chi connectivity index (χ4n) is 4.08. The van der Waals surface area contributed by atoms with Crippen LogP contribution in [0.2, 0.25) is 0 Å². The highest BCUT2D eigenvalue weighted by Gasteiger charge is 2.38. The molecule has 0 aromatic heterocycles. The van der Waals surface area contributed by atoms with Crippen molar-refractivity contribution in [1.29, 1.82) is 0 Å². The van der Waals surface area contributed by atoms with Crippen LogP contribution < -0.4 is 9.80 Å². The SMILES string of the molecule is O=C(O)[C@H]1CCN2c3ccccc3N(c3ccc(C(F)(F)F)cc3)C[C@H]2C1. The van der Waals surface area contributed by atoms with Gasteiger partial charge in [-0.1, -0.05) is 12.1 Å². The Morgan fingerprint density at radius 2 is 1.70 bits per heavy atom. The topological polar surface area (TPSA) is 43.8 Å². The Labute approximate surface area is 154 Å². The van der Waals surface area contributed by atoms with Crippen molar-refractivity contribution in [2.45, 2.75) is 25.1 Å². The summed E-state index contributed by atoms with van der Waals surface area (Å²) in [7, 11) is 0. The van der Waals surface area contributed by atoms with E-state index in [1.54, 1.807) is 0 Å². The molecule has 0 spiro atoms. The molecule has 7 heteroatoms. The van der Waals surface area contributed by atoms with Crippen molar-refractivity contribution in [1.82, 2.24) is 0 Å². The van der Waals surface area contributed by atoms with Crippen LogP contribution in [0.5, 0.6) is 0 Å². The monoisotopic (exact) mass is 376 g/mol. The molecule has 0 aliphatic carbocycles. The fraction of sp³-hybridized carbons (Fsp3) is 0.350. The van der Waals surface area contributed by atoms with E-state index in [-0.39, 0.29) is 12.0 Å². The second kappa shape index (κ2) is 6.48. The van der Waals surface area contributed by atoms with Crippen molar-refractivity contribution in [2.24, 2.45) is 5.92 Å². The molecule has 4 rings (SSSR count). The number of aliphatic carboxylic acids is 1. The number of hydrogen-bond acceptors (Lipinski definition) is 3. The summed E-state index contributed by atoms with van der Waals surface area (Å²) in [5, 5.41) is 9.37. The highest BCUT2D eigenvalue weighted by Crippen LogP contribution is 2.43. The molecule has 2 aliphatic rings. The largest absolute Gasteiger partial charge is 0.481 e. The molecule has 142 valence electrons. The van der Waals surface area contributed by atoms with E-state index in [4.69, 9.17) is 0 Å². The molecular weight excluding hydrogens is 357 g/mol. The van der Waals surface area contributed by atoms with Crippen LogP contribution >= 0.6 is 0 Å². The zero-order valence-electron chi connectivity index (χ0n) is 14.5. The molecule has 1 saturated heterocycles. The lowest BCUT2D eigenvalue weighted by atomic mass is 9.88. The van der Waals surface area contributed by atoms with Crippen LogP contribution in [0, 0.1) is 5.92 Å². The molecule has 2 aromatic rings. The lowest BCUT2D eigenvalue weighted by Crippen LogP contribution is -2.52. The van der Waals surface area contributed by atoms with Gasteiger partial charge in [0.15, 0.2) is 0 Å². The minimum Gasteiger partial charge on any atom is -0.481 e. The average Bonchev–Trinajstić information content (AvgIpc) is 2.66. The van der Waals surface area contributed by atoms with Crippen molar-refractivity contribution in [3.8, 4) is 0 Å². The number of anilines is 3. The van der Waals surface area contributed by atoms with Gasteiger partial charge in [0.05, 0.1) is 22.9 Å². The first kappa shape index (κ1) is 17.7. The van der Waals surface area contributed by atoms with E-state index in [2.05, 4.69) is 4.90 Å². The van der Waals surface area contributed by atoms with Crippen LogP contribution in [-0.2, 0) is 11.0 Å². The van der Waals surface area contributed by atoms with Crippen molar-refractivity contribution >= 4 is 23.0 Å². The molecule has 2 aliphatic heterocycles. The van der Waals surface area contributed by atoms with Crippen molar-refractivity contribution < 1.29 is 23.1 Å². The summed E-state index contributed by atoms with van der Waals surface area (Å²) in [6.07, 6.45) is -3.24. The lowest BCUT2D eigenvalue weighted by molar-refractivity contribution is -0.142. The molecule has 27 heavy (non-hydrogen) atoms. The van der Waals surface area contributed by atoms with Crippen LogP contribution in [-0.4, -0.2) is 30.2 Å². The molecule has 0 unspecified atom stereocenters.